The van der Waals surface area contributed by atoms with Crippen molar-refractivity contribution in [2.75, 3.05) is 18.6 Å². The lowest BCUT2D eigenvalue weighted by atomic mass is 10.1. The van der Waals surface area contributed by atoms with Crippen molar-refractivity contribution in [2.45, 2.75) is 25.3 Å². The summed E-state index contributed by atoms with van der Waals surface area (Å²) in [5.41, 5.74) is 1.67. The maximum absolute atomic E-state index is 3.31. The first-order valence-electron chi connectivity index (χ1n) is 6.63. The minimum absolute atomic E-state index is 0.513. The van der Waals surface area contributed by atoms with E-state index in [2.05, 4.69) is 65.7 Å². The molecule has 2 aromatic carbocycles. The second kappa shape index (κ2) is 6.31. The van der Waals surface area contributed by atoms with Gasteiger partial charge in [-0.3, -0.25) is 4.72 Å². The van der Waals surface area contributed by atoms with Crippen LogP contribution in [0.5, 0.6) is 0 Å². The lowest BCUT2D eigenvalue weighted by molar-refractivity contribution is 0.703. The van der Waals surface area contributed by atoms with Crippen molar-refractivity contribution in [2.24, 2.45) is 0 Å². The molecule has 3 rings (SSSR count). The summed E-state index contributed by atoms with van der Waals surface area (Å²) in [5, 5.41) is 5.69. The minimum Gasteiger partial charge on any atom is -0.388 e. The van der Waals surface area contributed by atoms with Gasteiger partial charge in [-0.15, -0.1) is 0 Å². The topological polar surface area (TPSA) is 24.1 Å². The average molecular weight is 274 g/mol. The maximum Gasteiger partial charge on any atom is 0.0343 e. The molecule has 0 heterocycles. The average Bonchev–Trinajstić information content (AvgIpc) is 3.17. The van der Waals surface area contributed by atoms with Crippen LogP contribution in [-0.4, -0.2) is 18.8 Å². The highest BCUT2D eigenvalue weighted by Crippen LogP contribution is 2.35. The van der Waals surface area contributed by atoms with Gasteiger partial charge in [-0.25, -0.2) is 0 Å². The van der Waals surface area contributed by atoms with Gasteiger partial charge in [-0.05, 0) is 48.9 Å². The van der Waals surface area contributed by atoms with Crippen molar-refractivity contribution >= 4 is 28.4 Å². The second-order valence-electron chi connectivity index (χ2n) is 5.18. The summed E-state index contributed by atoms with van der Waals surface area (Å²) in [4.78, 5) is 0. The Balaban J connectivity index is 0.000000163. The zero-order valence-corrected chi connectivity index (χ0v) is 12.7. The quantitative estimate of drug-likeness (QED) is 0.817. The van der Waals surface area contributed by atoms with Crippen molar-refractivity contribution in [3.8, 4) is 0 Å². The Morgan fingerprint density at radius 2 is 1.74 bits per heavy atom. The summed E-state index contributed by atoms with van der Waals surface area (Å²) in [5.74, 6) is 0. The van der Waals surface area contributed by atoms with Crippen LogP contribution in [0, 0.1) is 0 Å². The summed E-state index contributed by atoms with van der Waals surface area (Å²) in [6, 6.07) is 14.7. The van der Waals surface area contributed by atoms with Gasteiger partial charge < -0.3 is 5.32 Å². The zero-order chi connectivity index (χ0) is 13.7. The summed E-state index contributed by atoms with van der Waals surface area (Å²) in [6.45, 7) is 2.25. The smallest absolute Gasteiger partial charge is 0.0343 e. The van der Waals surface area contributed by atoms with Gasteiger partial charge in [0, 0.05) is 18.3 Å². The highest BCUT2D eigenvalue weighted by molar-refractivity contribution is 7.96. The predicted octanol–water partition coefficient (Wildman–Crippen LogP) is 4.29. The second-order valence-corrected chi connectivity index (χ2v) is 5.79. The number of anilines is 1. The van der Waals surface area contributed by atoms with Crippen LogP contribution < -0.4 is 10.0 Å². The van der Waals surface area contributed by atoms with Gasteiger partial charge >= 0.3 is 0 Å². The summed E-state index contributed by atoms with van der Waals surface area (Å²) in [7, 11) is 1.93. The van der Waals surface area contributed by atoms with Crippen LogP contribution in [0.2, 0.25) is 0 Å². The molecule has 0 bridgehead atoms. The van der Waals surface area contributed by atoms with E-state index in [0.717, 1.165) is 5.69 Å². The molecule has 1 aliphatic rings. The predicted molar refractivity (Wildman–Crippen MR) is 87.8 cm³/mol. The highest BCUT2D eigenvalue weighted by atomic mass is 32.2. The molecule has 0 aromatic heterocycles. The maximum atomic E-state index is 3.31. The van der Waals surface area contributed by atoms with E-state index in [0.29, 0.717) is 5.54 Å². The molecule has 1 aliphatic carbocycles. The molecule has 0 unspecified atom stereocenters. The molecule has 2 nitrogen and oxygen atoms in total. The molecule has 0 saturated heterocycles. The molecule has 1 saturated carbocycles. The Bertz CT molecular complexity index is 535. The van der Waals surface area contributed by atoms with Gasteiger partial charge in [0.1, 0.15) is 0 Å². The number of fused-ring (bicyclic) bond motifs is 1. The largest absolute Gasteiger partial charge is 0.388 e. The van der Waals surface area contributed by atoms with Gasteiger partial charge in [0.25, 0.3) is 0 Å². The Labute approximate surface area is 120 Å². The summed E-state index contributed by atoms with van der Waals surface area (Å²) in [6.07, 6.45) is 4.78. The van der Waals surface area contributed by atoms with Crippen LogP contribution in [0.3, 0.4) is 0 Å². The van der Waals surface area contributed by atoms with Crippen molar-refractivity contribution < 1.29 is 0 Å². The Kier molecular flexibility index (Phi) is 4.72. The SMILES string of the molecule is CNc1ccc2ccccc2c1.CSNC1(C)CC1. The van der Waals surface area contributed by atoms with Crippen LogP contribution in [0.15, 0.2) is 42.5 Å². The molecule has 0 atom stereocenters. The fourth-order valence-electron chi connectivity index (χ4n) is 1.88. The normalized spacial score (nSPS) is 15.5. The summed E-state index contributed by atoms with van der Waals surface area (Å²) >= 11 is 1.72. The van der Waals surface area contributed by atoms with Crippen LogP contribution in [0.25, 0.3) is 10.8 Å². The first-order valence-corrected chi connectivity index (χ1v) is 7.86. The standard InChI is InChI=1S/C11H11N.C5H11NS/c1-12-11-7-6-9-4-2-3-5-10(9)8-11;1-5(3-4-5)6-7-2/h2-8,12H,1H3;6H,3-4H2,1-2H3. The van der Waals surface area contributed by atoms with Crippen molar-refractivity contribution in [1.29, 1.82) is 0 Å². The van der Waals surface area contributed by atoms with E-state index < -0.39 is 0 Å². The van der Waals surface area contributed by atoms with Crippen LogP contribution in [0.1, 0.15) is 19.8 Å². The number of nitrogens with one attached hydrogen (secondary N) is 2. The number of rotatable bonds is 3. The lowest BCUT2D eigenvalue weighted by Gasteiger charge is -2.04. The van der Waals surface area contributed by atoms with E-state index in [4.69, 9.17) is 0 Å². The van der Waals surface area contributed by atoms with E-state index in [-0.39, 0.29) is 0 Å². The number of benzene rings is 2. The third kappa shape index (κ3) is 4.15. The Hall–Kier alpha value is -1.19. The molecule has 3 heteroatoms. The third-order valence-corrected chi connectivity index (χ3v) is 4.08. The molecule has 0 aliphatic heterocycles. The Morgan fingerprint density at radius 1 is 1.05 bits per heavy atom. The van der Waals surface area contributed by atoms with Gasteiger partial charge in [0.2, 0.25) is 0 Å². The van der Waals surface area contributed by atoms with E-state index >= 15 is 0 Å². The molecule has 102 valence electrons. The minimum atomic E-state index is 0.513. The fraction of sp³-hybridized carbons (Fsp3) is 0.375. The first-order chi connectivity index (χ1) is 9.17. The van der Waals surface area contributed by atoms with Crippen LogP contribution >= 0.6 is 11.9 Å². The molecule has 0 radical (unpaired) electrons. The van der Waals surface area contributed by atoms with E-state index in [1.165, 1.54) is 23.6 Å². The van der Waals surface area contributed by atoms with Gasteiger partial charge in [-0.2, -0.15) is 0 Å². The highest BCUT2D eigenvalue weighted by Gasteiger charge is 2.36. The van der Waals surface area contributed by atoms with Crippen molar-refractivity contribution in [3.05, 3.63) is 42.5 Å². The molecular formula is C16H22N2S. The Morgan fingerprint density at radius 3 is 2.26 bits per heavy atom. The zero-order valence-electron chi connectivity index (χ0n) is 11.9. The first kappa shape index (κ1) is 14.2. The molecule has 1 fully saturated rings. The van der Waals surface area contributed by atoms with Gasteiger partial charge in [0.05, 0.1) is 0 Å². The van der Waals surface area contributed by atoms with Crippen LogP contribution in [-0.2, 0) is 0 Å². The van der Waals surface area contributed by atoms with Crippen LogP contribution in [0.4, 0.5) is 5.69 Å². The van der Waals surface area contributed by atoms with E-state index in [9.17, 15) is 0 Å². The monoisotopic (exact) mass is 274 g/mol. The fourth-order valence-corrected chi connectivity index (χ4v) is 2.58. The molecular weight excluding hydrogens is 252 g/mol. The summed E-state index contributed by atoms with van der Waals surface area (Å²) < 4.78 is 3.31. The van der Waals surface area contributed by atoms with E-state index in [1.54, 1.807) is 11.9 Å². The number of hydrogen-bond acceptors (Lipinski definition) is 3. The molecule has 19 heavy (non-hydrogen) atoms. The van der Waals surface area contributed by atoms with Gasteiger partial charge in [-0.1, -0.05) is 42.3 Å². The van der Waals surface area contributed by atoms with Gasteiger partial charge in [0.15, 0.2) is 0 Å². The molecule has 2 N–H and O–H groups in total. The molecule has 0 spiro atoms. The number of hydrogen-bond donors (Lipinski definition) is 2. The van der Waals surface area contributed by atoms with Crippen molar-refractivity contribution in [1.82, 2.24) is 4.72 Å². The van der Waals surface area contributed by atoms with Crippen molar-refractivity contribution in [3.63, 3.8) is 0 Å². The lowest BCUT2D eigenvalue weighted by Crippen LogP contribution is -2.19. The molecule has 0 amide bonds. The molecule has 2 aromatic rings. The van der Waals surface area contributed by atoms with E-state index in [1.807, 2.05) is 7.05 Å². The third-order valence-electron chi connectivity index (χ3n) is 3.39.